The molecule has 1 amide bonds. The molecule has 1 rings (SSSR count). The summed E-state index contributed by atoms with van der Waals surface area (Å²) in [7, 11) is -0.904. The zero-order valence-electron chi connectivity index (χ0n) is 9.82. The van der Waals surface area contributed by atoms with Crippen molar-refractivity contribution in [3.8, 4) is 0 Å². The number of carbonyl (C=O) groups is 1. The zero-order chi connectivity index (χ0) is 12.1. The van der Waals surface area contributed by atoms with Crippen molar-refractivity contribution in [2.75, 3.05) is 11.6 Å². The van der Waals surface area contributed by atoms with E-state index in [4.69, 9.17) is 0 Å². The quantitative estimate of drug-likeness (QED) is 0.875. The van der Waals surface area contributed by atoms with Crippen molar-refractivity contribution in [2.24, 2.45) is 5.92 Å². The Bertz CT molecular complexity index is 402. The smallest absolute Gasteiger partial charge is 0.226 e. The van der Waals surface area contributed by atoms with Crippen LogP contribution in [0.15, 0.2) is 24.3 Å². The summed E-state index contributed by atoms with van der Waals surface area (Å²) in [5, 5.41) is 2.84. The van der Waals surface area contributed by atoms with Gasteiger partial charge in [-0.15, -0.1) is 0 Å². The largest absolute Gasteiger partial charge is 0.326 e. The minimum atomic E-state index is -0.904. The number of hydrogen-bond acceptors (Lipinski definition) is 2. The van der Waals surface area contributed by atoms with Gasteiger partial charge in [0.1, 0.15) is 0 Å². The molecule has 0 aliphatic rings. The third-order valence-electron chi connectivity index (χ3n) is 2.16. The molecule has 0 saturated carbocycles. The molecule has 1 aromatic rings. The molecular formula is C12H17NO2S. The maximum absolute atomic E-state index is 11.6. The molecule has 88 valence electrons. The number of anilines is 1. The molecule has 1 atom stereocenters. The summed E-state index contributed by atoms with van der Waals surface area (Å²) in [5.74, 6) is 0.392. The molecule has 4 heteroatoms. The van der Waals surface area contributed by atoms with Crippen molar-refractivity contribution < 1.29 is 9.00 Å². The molecule has 0 aliphatic carbocycles. The van der Waals surface area contributed by atoms with E-state index in [1.54, 1.807) is 6.26 Å². The summed E-state index contributed by atoms with van der Waals surface area (Å²) in [4.78, 5) is 11.6. The van der Waals surface area contributed by atoms with Crippen molar-refractivity contribution >= 4 is 22.4 Å². The molecule has 0 saturated heterocycles. The van der Waals surface area contributed by atoms with Crippen molar-refractivity contribution in [3.63, 3.8) is 0 Å². The molecule has 0 aliphatic heterocycles. The van der Waals surface area contributed by atoms with Gasteiger partial charge in [0.15, 0.2) is 0 Å². The summed E-state index contributed by atoms with van der Waals surface area (Å²) in [5.41, 5.74) is 1.67. The van der Waals surface area contributed by atoms with Crippen molar-refractivity contribution in [2.45, 2.75) is 19.6 Å². The van der Waals surface area contributed by atoms with E-state index >= 15 is 0 Å². The van der Waals surface area contributed by atoms with E-state index in [1.165, 1.54) is 0 Å². The molecule has 0 unspecified atom stereocenters. The Morgan fingerprint density at radius 2 is 2.00 bits per heavy atom. The summed E-state index contributed by atoms with van der Waals surface area (Å²) in [6, 6.07) is 7.46. The van der Waals surface area contributed by atoms with Crippen LogP contribution in [0.2, 0.25) is 0 Å². The second-order valence-corrected chi connectivity index (χ2v) is 5.45. The first-order chi connectivity index (χ1) is 7.50. The van der Waals surface area contributed by atoms with Gasteiger partial charge in [-0.1, -0.05) is 32.0 Å². The van der Waals surface area contributed by atoms with Crippen LogP contribution in [0.4, 0.5) is 5.69 Å². The molecule has 0 spiro atoms. The first kappa shape index (κ1) is 12.9. The Balaban J connectivity index is 2.86. The minimum Gasteiger partial charge on any atom is -0.326 e. The number of carbonyl (C=O) groups excluding carboxylic acids is 1. The number of benzene rings is 1. The van der Waals surface area contributed by atoms with E-state index in [2.05, 4.69) is 5.32 Å². The van der Waals surface area contributed by atoms with Gasteiger partial charge in [-0.3, -0.25) is 9.00 Å². The zero-order valence-corrected chi connectivity index (χ0v) is 10.6. The Labute approximate surface area is 98.7 Å². The highest BCUT2D eigenvalue weighted by atomic mass is 32.2. The molecular weight excluding hydrogens is 222 g/mol. The number of amides is 1. The predicted octanol–water partition coefficient (Wildman–Crippen LogP) is 2.16. The van der Waals surface area contributed by atoms with E-state index in [-0.39, 0.29) is 11.8 Å². The topological polar surface area (TPSA) is 46.2 Å². The van der Waals surface area contributed by atoms with Gasteiger partial charge >= 0.3 is 0 Å². The van der Waals surface area contributed by atoms with Gasteiger partial charge in [0.2, 0.25) is 5.91 Å². The molecule has 3 nitrogen and oxygen atoms in total. The van der Waals surface area contributed by atoms with Gasteiger partial charge < -0.3 is 5.32 Å². The molecule has 0 aromatic heterocycles. The molecule has 0 fully saturated rings. The summed E-state index contributed by atoms with van der Waals surface area (Å²) < 4.78 is 11.2. The third-order valence-corrected chi connectivity index (χ3v) is 2.88. The fourth-order valence-corrected chi connectivity index (χ4v) is 1.95. The van der Waals surface area contributed by atoms with Crippen LogP contribution in [0.5, 0.6) is 0 Å². The summed E-state index contributed by atoms with van der Waals surface area (Å²) in [6.45, 7) is 3.69. The van der Waals surface area contributed by atoms with Gasteiger partial charge in [0.25, 0.3) is 0 Å². The van der Waals surface area contributed by atoms with E-state index in [9.17, 15) is 9.00 Å². The minimum absolute atomic E-state index is 0.0191. The van der Waals surface area contributed by atoms with Gasteiger partial charge in [0, 0.05) is 28.7 Å². The van der Waals surface area contributed by atoms with Crippen LogP contribution in [0.1, 0.15) is 19.4 Å². The average molecular weight is 239 g/mol. The summed E-state index contributed by atoms with van der Waals surface area (Å²) >= 11 is 0. The Morgan fingerprint density at radius 1 is 1.38 bits per heavy atom. The van der Waals surface area contributed by atoms with Gasteiger partial charge in [-0.25, -0.2) is 0 Å². The van der Waals surface area contributed by atoms with Crippen molar-refractivity contribution in [1.29, 1.82) is 0 Å². The Hall–Kier alpha value is -1.16. The third kappa shape index (κ3) is 3.77. The number of rotatable bonds is 4. The summed E-state index contributed by atoms with van der Waals surface area (Å²) in [6.07, 6.45) is 1.65. The standard InChI is InChI=1S/C12H17NO2S/c1-9(2)12(14)13-11-7-5-4-6-10(11)8-16(3)15/h4-7,9H,8H2,1-3H3,(H,13,14)/t16-/m1/s1. The van der Waals surface area contributed by atoms with Crippen LogP contribution in [0.25, 0.3) is 0 Å². The van der Waals surface area contributed by atoms with Crippen LogP contribution in [0, 0.1) is 5.92 Å². The van der Waals surface area contributed by atoms with E-state index in [0.717, 1.165) is 11.3 Å². The Morgan fingerprint density at radius 3 is 2.56 bits per heavy atom. The molecule has 0 radical (unpaired) electrons. The number of hydrogen-bond donors (Lipinski definition) is 1. The van der Waals surface area contributed by atoms with Gasteiger partial charge in [-0.05, 0) is 11.6 Å². The normalized spacial score (nSPS) is 12.5. The molecule has 0 heterocycles. The lowest BCUT2D eigenvalue weighted by Crippen LogP contribution is -2.18. The number of para-hydroxylation sites is 1. The number of nitrogens with one attached hydrogen (secondary N) is 1. The van der Waals surface area contributed by atoms with E-state index in [0.29, 0.717) is 5.75 Å². The monoisotopic (exact) mass is 239 g/mol. The predicted molar refractivity (Wildman–Crippen MR) is 67.7 cm³/mol. The van der Waals surface area contributed by atoms with Crippen LogP contribution < -0.4 is 5.32 Å². The maximum Gasteiger partial charge on any atom is 0.226 e. The molecule has 0 bridgehead atoms. The highest BCUT2D eigenvalue weighted by molar-refractivity contribution is 7.83. The first-order valence-electron chi connectivity index (χ1n) is 5.19. The molecule has 1 aromatic carbocycles. The van der Waals surface area contributed by atoms with Gasteiger partial charge in [-0.2, -0.15) is 0 Å². The SMILES string of the molecule is CC(C)C(=O)Nc1ccccc1C[S@@](C)=O. The van der Waals surface area contributed by atoms with Gasteiger partial charge in [0.05, 0.1) is 5.75 Å². The van der Waals surface area contributed by atoms with Crippen LogP contribution in [-0.2, 0) is 21.3 Å². The highest BCUT2D eigenvalue weighted by Gasteiger charge is 2.10. The Kier molecular flexibility index (Phi) is 4.68. The fraction of sp³-hybridized carbons (Fsp3) is 0.417. The second kappa shape index (κ2) is 5.80. The maximum atomic E-state index is 11.6. The fourth-order valence-electron chi connectivity index (χ4n) is 1.26. The van der Waals surface area contributed by atoms with Crippen molar-refractivity contribution in [3.05, 3.63) is 29.8 Å². The lowest BCUT2D eigenvalue weighted by molar-refractivity contribution is -0.118. The lowest BCUT2D eigenvalue weighted by Gasteiger charge is -2.11. The van der Waals surface area contributed by atoms with Crippen LogP contribution >= 0.6 is 0 Å². The highest BCUT2D eigenvalue weighted by Crippen LogP contribution is 2.17. The van der Waals surface area contributed by atoms with Crippen molar-refractivity contribution in [1.82, 2.24) is 0 Å². The lowest BCUT2D eigenvalue weighted by atomic mass is 10.1. The molecule has 1 N–H and O–H groups in total. The van der Waals surface area contributed by atoms with Crippen LogP contribution in [-0.4, -0.2) is 16.4 Å². The average Bonchev–Trinajstić information content (AvgIpc) is 2.20. The first-order valence-corrected chi connectivity index (χ1v) is 6.92. The second-order valence-electron chi connectivity index (χ2n) is 4.02. The van der Waals surface area contributed by atoms with Crippen LogP contribution in [0.3, 0.4) is 0 Å². The molecule has 16 heavy (non-hydrogen) atoms. The van der Waals surface area contributed by atoms with E-state index in [1.807, 2.05) is 38.1 Å². The van der Waals surface area contributed by atoms with E-state index < -0.39 is 10.8 Å².